The van der Waals surface area contributed by atoms with Crippen LogP contribution in [0.4, 0.5) is 0 Å². The first-order valence-corrected chi connectivity index (χ1v) is 10.8. The quantitative estimate of drug-likeness (QED) is 0.709. The molecule has 0 spiro atoms. The van der Waals surface area contributed by atoms with E-state index in [-0.39, 0.29) is 28.9 Å². The standard InChI is InChI=1S/C17H22Cl2N2O4S/c1-12(25-11-13-2-3-13)17(22)20-6-8-21(9-7-20)26(23,24)14-4-5-15(18)16(19)10-14/h4-5,10,12-13H,2-3,6-9,11H2,1H3. The summed E-state index contributed by atoms with van der Waals surface area (Å²) >= 11 is 11.8. The van der Waals surface area contributed by atoms with Gasteiger partial charge < -0.3 is 9.64 Å². The van der Waals surface area contributed by atoms with E-state index in [0.717, 1.165) is 0 Å². The molecule has 0 bridgehead atoms. The molecule has 0 N–H and O–H groups in total. The van der Waals surface area contributed by atoms with Crippen molar-refractivity contribution in [1.82, 2.24) is 9.21 Å². The number of piperazine rings is 1. The molecule has 1 amide bonds. The highest BCUT2D eigenvalue weighted by Gasteiger charge is 2.32. The Morgan fingerprint density at radius 1 is 1.19 bits per heavy atom. The van der Waals surface area contributed by atoms with E-state index in [1.807, 2.05) is 0 Å². The number of hydrogen-bond acceptors (Lipinski definition) is 4. The number of rotatable bonds is 6. The lowest BCUT2D eigenvalue weighted by Crippen LogP contribution is -2.52. The second kappa shape index (κ2) is 8.02. The van der Waals surface area contributed by atoms with E-state index in [0.29, 0.717) is 30.6 Å². The van der Waals surface area contributed by atoms with Gasteiger partial charge in [0.2, 0.25) is 10.0 Å². The molecule has 1 saturated heterocycles. The number of sulfonamides is 1. The normalized spacial score (nSPS) is 20.2. The van der Waals surface area contributed by atoms with Gasteiger partial charge in [-0.1, -0.05) is 23.2 Å². The van der Waals surface area contributed by atoms with Gasteiger partial charge in [-0.05, 0) is 43.9 Å². The van der Waals surface area contributed by atoms with Crippen LogP contribution in [-0.2, 0) is 19.6 Å². The molecule has 9 heteroatoms. The third-order valence-corrected chi connectivity index (χ3v) is 7.34. The van der Waals surface area contributed by atoms with Crippen LogP contribution in [0.2, 0.25) is 10.0 Å². The molecule has 0 aromatic heterocycles. The Bertz CT molecular complexity index is 775. The van der Waals surface area contributed by atoms with E-state index in [9.17, 15) is 13.2 Å². The Balaban J connectivity index is 1.58. The van der Waals surface area contributed by atoms with Gasteiger partial charge in [0.15, 0.2) is 0 Å². The minimum Gasteiger partial charge on any atom is -0.368 e. The topological polar surface area (TPSA) is 66.9 Å². The fourth-order valence-electron chi connectivity index (χ4n) is 2.83. The van der Waals surface area contributed by atoms with Crippen LogP contribution in [0.5, 0.6) is 0 Å². The van der Waals surface area contributed by atoms with Crippen LogP contribution in [0.3, 0.4) is 0 Å². The second-order valence-corrected chi connectivity index (χ2v) is 9.48. The van der Waals surface area contributed by atoms with Gasteiger partial charge in [-0.15, -0.1) is 0 Å². The van der Waals surface area contributed by atoms with E-state index >= 15 is 0 Å². The molecule has 1 saturated carbocycles. The highest BCUT2D eigenvalue weighted by Crippen LogP contribution is 2.29. The molecule has 1 unspecified atom stereocenters. The minimum absolute atomic E-state index is 0.0859. The molecule has 3 rings (SSSR count). The van der Waals surface area contributed by atoms with Gasteiger partial charge in [-0.2, -0.15) is 4.31 Å². The largest absolute Gasteiger partial charge is 0.368 e. The summed E-state index contributed by atoms with van der Waals surface area (Å²) in [4.78, 5) is 14.2. The first-order chi connectivity index (χ1) is 12.3. The fraction of sp³-hybridized carbons (Fsp3) is 0.588. The molecule has 1 aliphatic heterocycles. The monoisotopic (exact) mass is 420 g/mol. The average Bonchev–Trinajstić information content (AvgIpc) is 3.45. The van der Waals surface area contributed by atoms with Gasteiger partial charge in [0.1, 0.15) is 6.10 Å². The summed E-state index contributed by atoms with van der Waals surface area (Å²) in [6.45, 7) is 3.54. The van der Waals surface area contributed by atoms with Crippen molar-refractivity contribution in [3.63, 3.8) is 0 Å². The molecule has 6 nitrogen and oxygen atoms in total. The van der Waals surface area contributed by atoms with Crippen LogP contribution in [0, 0.1) is 5.92 Å². The Morgan fingerprint density at radius 2 is 1.85 bits per heavy atom. The lowest BCUT2D eigenvalue weighted by molar-refractivity contribution is -0.144. The molecular formula is C17H22Cl2N2O4S. The smallest absolute Gasteiger partial charge is 0.251 e. The number of benzene rings is 1. The zero-order valence-electron chi connectivity index (χ0n) is 14.5. The maximum Gasteiger partial charge on any atom is 0.251 e. The maximum atomic E-state index is 12.7. The third-order valence-electron chi connectivity index (χ3n) is 4.71. The fourth-order valence-corrected chi connectivity index (χ4v) is 4.64. The van der Waals surface area contributed by atoms with Crippen molar-refractivity contribution >= 4 is 39.1 Å². The summed E-state index contributed by atoms with van der Waals surface area (Å²) in [6.07, 6.45) is 1.85. The Kier molecular flexibility index (Phi) is 6.14. The molecule has 2 aliphatic rings. The SMILES string of the molecule is CC(OCC1CC1)C(=O)N1CCN(S(=O)(=O)c2ccc(Cl)c(Cl)c2)CC1. The second-order valence-electron chi connectivity index (χ2n) is 6.72. The summed E-state index contributed by atoms with van der Waals surface area (Å²) in [5.74, 6) is 0.510. The molecule has 1 heterocycles. The molecule has 26 heavy (non-hydrogen) atoms. The predicted molar refractivity (Wildman–Crippen MR) is 99.9 cm³/mol. The molecule has 2 fully saturated rings. The Hall–Kier alpha value is -0.860. The number of hydrogen-bond donors (Lipinski definition) is 0. The van der Waals surface area contributed by atoms with Gasteiger partial charge in [0.25, 0.3) is 5.91 Å². The number of ether oxygens (including phenoxy) is 1. The number of amides is 1. The lowest BCUT2D eigenvalue weighted by atomic mass is 10.3. The molecular weight excluding hydrogens is 399 g/mol. The van der Waals surface area contributed by atoms with Crippen molar-refractivity contribution in [3.05, 3.63) is 28.2 Å². The highest BCUT2D eigenvalue weighted by atomic mass is 35.5. The lowest BCUT2D eigenvalue weighted by Gasteiger charge is -2.35. The highest BCUT2D eigenvalue weighted by molar-refractivity contribution is 7.89. The van der Waals surface area contributed by atoms with Crippen molar-refractivity contribution in [2.24, 2.45) is 5.92 Å². The average molecular weight is 421 g/mol. The van der Waals surface area contributed by atoms with Gasteiger partial charge in [-0.25, -0.2) is 8.42 Å². The van der Waals surface area contributed by atoms with Crippen molar-refractivity contribution in [2.45, 2.75) is 30.8 Å². The van der Waals surface area contributed by atoms with Crippen molar-refractivity contribution in [2.75, 3.05) is 32.8 Å². The van der Waals surface area contributed by atoms with Crippen molar-refractivity contribution < 1.29 is 17.9 Å². The van der Waals surface area contributed by atoms with E-state index < -0.39 is 16.1 Å². The first kappa shape index (κ1) is 19.9. The van der Waals surface area contributed by atoms with Crippen LogP contribution < -0.4 is 0 Å². The van der Waals surface area contributed by atoms with Gasteiger partial charge >= 0.3 is 0 Å². The third kappa shape index (κ3) is 4.51. The van der Waals surface area contributed by atoms with E-state index in [2.05, 4.69) is 0 Å². The number of carbonyl (C=O) groups excluding carboxylic acids is 1. The van der Waals surface area contributed by atoms with E-state index in [1.54, 1.807) is 11.8 Å². The zero-order chi connectivity index (χ0) is 18.9. The van der Waals surface area contributed by atoms with Crippen LogP contribution in [0.25, 0.3) is 0 Å². The molecule has 0 radical (unpaired) electrons. The number of nitrogens with zero attached hydrogens (tertiary/aromatic N) is 2. The molecule has 144 valence electrons. The maximum absolute atomic E-state index is 12.7. The summed E-state index contributed by atoms with van der Waals surface area (Å²) in [6, 6.07) is 4.26. The van der Waals surface area contributed by atoms with Crippen LogP contribution in [-0.4, -0.2) is 62.4 Å². The van der Waals surface area contributed by atoms with Gasteiger partial charge in [-0.3, -0.25) is 4.79 Å². The van der Waals surface area contributed by atoms with Gasteiger partial charge in [0.05, 0.1) is 21.5 Å². The Morgan fingerprint density at radius 3 is 2.42 bits per heavy atom. The first-order valence-electron chi connectivity index (χ1n) is 8.64. The van der Waals surface area contributed by atoms with Crippen molar-refractivity contribution in [3.8, 4) is 0 Å². The number of halogens is 2. The molecule has 1 aromatic rings. The summed E-state index contributed by atoms with van der Waals surface area (Å²) in [7, 11) is -3.66. The number of carbonyl (C=O) groups is 1. The van der Waals surface area contributed by atoms with Crippen LogP contribution >= 0.6 is 23.2 Å². The van der Waals surface area contributed by atoms with E-state index in [4.69, 9.17) is 27.9 Å². The van der Waals surface area contributed by atoms with Crippen LogP contribution in [0.15, 0.2) is 23.1 Å². The summed E-state index contributed by atoms with van der Waals surface area (Å²) in [5, 5.41) is 0.504. The Labute approximate surface area is 164 Å². The summed E-state index contributed by atoms with van der Waals surface area (Å²) in [5.41, 5.74) is 0. The van der Waals surface area contributed by atoms with Gasteiger partial charge in [0, 0.05) is 26.2 Å². The summed E-state index contributed by atoms with van der Waals surface area (Å²) < 4.78 is 32.5. The molecule has 1 atom stereocenters. The zero-order valence-corrected chi connectivity index (χ0v) is 16.9. The van der Waals surface area contributed by atoms with Crippen molar-refractivity contribution in [1.29, 1.82) is 0 Å². The van der Waals surface area contributed by atoms with Crippen LogP contribution in [0.1, 0.15) is 19.8 Å². The molecule has 1 aliphatic carbocycles. The predicted octanol–water partition coefficient (Wildman–Crippen LogP) is 2.64. The van der Waals surface area contributed by atoms with E-state index in [1.165, 1.54) is 35.3 Å². The minimum atomic E-state index is -3.66. The molecule has 1 aromatic carbocycles.